The summed E-state index contributed by atoms with van der Waals surface area (Å²) in [6.07, 6.45) is -3.93. The smallest absolute Gasteiger partial charge is 0.352 e. The summed E-state index contributed by atoms with van der Waals surface area (Å²) in [5, 5.41) is 9.24. The Bertz CT molecular complexity index is 1510. The molecule has 0 radical (unpaired) electrons. The molecule has 4 aromatic carbocycles. The molecule has 4 aromatic rings. The van der Waals surface area contributed by atoms with Gasteiger partial charge in [0.2, 0.25) is 0 Å². The van der Waals surface area contributed by atoms with Gasteiger partial charge in [-0.1, -0.05) is 71.7 Å². The largest absolute Gasteiger partial charge is 0.416 e. The third-order valence-electron chi connectivity index (χ3n) is 6.08. The molecule has 0 aliphatic heterocycles. The molecule has 0 fully saturated rings. The highest BCUT2D eigenvalue weighted by Gasteiger charge is 2.30. The van der Waals surface area contributed by atoms with E-state index in [1.54, 1.807) is 24.3 Å². The minimum atomic E-state index is -4.46. The summed E-state index contributed by atoms with van der Waals surface area (Å²) in [7, 11) is 0. The van der Waals surface area contributed by atoms with Crippen LogP contribution >= 0.6 is 23.2 Å². The average molecular weight is 586 g/mol. The van der Waals surface area contributed by atoms with Gasteiger partial charge in [-0.3, -0.25) is 4.79 Å². The van der Waals surface area contributed by atoms with Crippen LogP contribution in [0, 0.1) is 0 Å². The average Bonchev–Trinajstić information content (AvgIpc) is 2.93. The Kier molecular flexibility index (Phi) is 9.34. The Morgan fingerprint density at radius 3 is 2.12 bits per heavy atom. The molecule has 0 aliphatic carbocycles. The van der Waals surface area contributed by atoms with Gasteiger partial charge in [0.05, 0.1) is 5.56 Å². The minimum Gasteiger partial charge on any atom is -0.352 e. The van der Waals surface area contributed by atoms with Gasteiger partial charge < -0.3 is 16.0 Å². The lowest BCUT2D eigenvalue weighted by Crippen LogP contribution is -2.28. The lowest BCUT2D eigenvalue weighted by Gasteiger charge is -2.15. The predicted molar refractivity (Wildman–Crippen MR) is 152 cm³/mol. The van der Waals surface area contributed by atoms with E-state index in [1.165, 1.54) is 12.1 Å². The highest BCUT2D eigenvalue weighted by molar-refractivity contribution is 6.35. The van der Waals surface area contributed by atoms with E-state index in [0.29, 0.717) is 34.1 Å². The number of hydrogen-bond acceptors (Lipinski definition) is 2. The normalized spacial score (nSPS) is 11.1. The van der Waals surface area contributed by atoms with Crippen LogP contribution in [-0.2, 0) is 19.1 Å². The van der Waals surface area contributed by atoms with Crippen LogP contribution in [-0.4, -0.2) is 18.5 Å². The zero-order valence-electron chi connectivity index (χ0n) is 21.0. The van der Waals surface area contributed by atoms with E-state index >= 15 is 0 Å². The van der Waals surface area contributed by atoms with Crippen LogP contribution < -0.4 is 16.0 Å². The van der Waals surface area contributed by atoms with E-state index in [0.717, 1.165) is 28.8 Å². The molecular weight excluding hydrogens is 562 g/mol. The summed E-state index contributed by atoms with van der Waals surface area (Å²) in [5.74, 6) is -0.261. The van der Waals surface area contributed by atoms with Crippen molar-refractivity contribution in [1.29, 1.82) is 0 Å². The summed E-state index contributed by atoms with van der Waals surface area (Å²) >= 11 is 12.2. The zero-order chi connectivity index (χ0) is 28.7. The Labute approximate surface area is 239 Å². The highest BCUT2D eigenvalue weighted by Crippen LogP contribution is 2.30. The van der Waals surface area contributed by atoms with E-state index in [4.69, 9.17) is 23.2 Å². The summed E-state index contributed by atoms with van der Waals surface area (Å²) < 4.78 is 38.3. The fourth-order valence-electron chi connectivity index (χ4n) is 4.08. The van der Waals surface area contributed by atoms with Crippen molar-refractivity contribution in [3.05, 3.63) is 123 Å². The molecule has 3 amide bonds. The number of benzene rings is 4. The molecule has 0 aliphatic rings. The minimum absolute atomic E-state index is 0.119. The van der Waals surface area contributed by atoms with Gasteiger partial charge >= 0.3 is 12.2 Å². The Morgan fingerprint density at radius 2 is 1.43 bits per heavy atom. The summed E-state index contributed by atoms with van der Waals surface area (Å²) in [6, 6.07) is 23.3. The Hall–Kier alpha value is -4.01. The van der Waals surface area contributed by atoms with Gasteiger partial charge in [0.1, 0.15) is 0 Å². The molecule has 4 rings (SSSR count). The molecule has 5 nitrogen and oxygen atoms in total. The van der Waals surface area contributed by atoms with Crippen LogP contribution in [0.3, 0.4) is 0 Å². The van der Waals surface area contributed by atoms with Gasteiger partial charge in [-0.05, 0) is 71.1 Å². The first-order valence-corrected chi connectivity index (χ1v) is 13.0. The van der Waals surface area contributed by atoms with Crippen molar-refractivity contribution >= 4 is 40.8 Å². The molecule has 40 heavy (non-hydrogen) atoms. The SMILES string of the molecule is O=C(NCc1ccccc1-c1ccccc1C(=O)NCCc1ccc(Cl)cc1Cl)Nc1ccc(C(F)(F)F)cc1. The summed E-state index contributed by atoms with van der Waals surface area (Å²) in [5.41, 5.74) is 2.94. The van der Waals surface area contributed by atoms with E-state index < -0.39 is 17.8 Å². The molecule has 0 bridgehead atoms. The number of anilines is 1. The molecule has 0 atom stereocenters. The second-order valence-corrected chi connectivity index (χ2v) is 9.67. The van der Waals surface area contributed by atoms with Gasteiger partial charge in [-0.2, -0.15) is 13.2 Å². The fourth-order valence-corrected chi connectivity index (χ4v) is 4.58. The second kappa shape index (κ2) is 12.9. The monoisotopic (exact) mass is 585 g/mol. The Balaban J connectivity index is 1.42. The lowest BCUT2D eigenvalue weighted by molar-refractivity contribution is -0.137. The lowest BCUT2D eigenvalue weighted by atomic mass is 9.95. The number of carbonyl (C=O) groups is 2. The topological polar surface area (TPSA) is 70.2 Å². The van der Waals surface area contributed by atoms with Crippen molar-refractivity contribution in [2.45, 2.75) is 19.1 Å². The van der Waals surface area contributed by atoms with E-state index in [2.05, 4.69) is 16.0 Å². The number of carbonyl (C=O) groups excluding carboxylic acids is 2. The van der Waals surface area contributed by atoms with Crippen LogP contribution in [0.4, 0.5) is 23.7 Å². The molecule has 0 unspecified atom stereocenters. The molecular formula is C30H24Cl2F3N3O2. The molecule has 206 valence electrons. The molecule has 0 heterocycles. The van der Waals surface area contributed by atoms with Crippen LogP contribution in [0.5, 0.6) is 0 Å². The van der Waals surface area contributed by atoms with Gasteiger partial charge in [0.25, 0.3) is 5.91 Å². The van der Waals surface area contributed by atoms with Crippen molar-refractivity contribution in [2.75, 3.05) is 11.9 Å². The predicted octanol–water partition coefficient (Wildman–Crippen LogP) is 7.97. The molecule has 10 heteroatoms. The number of urea groups is 1. The van der Waals surface area contributed by atoms with Gasteiger partial charge in [-0.25, -0.2) is 4.79 Å². The third kappa shape index (κ3) is 7.55. The number of rotatable bonds is 8. The first-order chi connectivity index (χ1) is 19.1. The van der Waals surface area contributed by atoms with Gasteiger partial charge in [0, 0.05) is 34.4 Å². The molecule has 0 aromatic heterocycles. The quantitative estimate of drug-likeness (QED) is 0.196. The van der Waals surface area contributed by atoms with Crippen molar-refractivity contribution in [2.24, 2.45) is 0 Å². The molecule has 3 N–H and O–H groups in total. The van der Waals surface area contributed by atoms with E-state index in [-0.39, 0.29) is 18.1 Å². The number of halogens is 5. The van der Waals surface area contributed by atoms with E-state index in [9.17, 15) is 22.8 Å². The number of nitrogens with one attached hydrogen (secondary N) is 3. The van der Waals surface area contributed by atoms with Crippen molar-refractivity contribution in [3.8, 4) is 11.1 Å². The van der Waals surface area contributed by atoms with Gasteiger partial charge in [-0.15, -0.1) is 0 Å². The number of alkyl halides is 3. The molecule has 0 spiro atoms. The van der Waals surface area contributed by atoms with Crippen molar-refractivity contribution in [1.82, 2.24) is 10.6 Å². The van der Waals surface area contributed by atoms with E-state index in [1.807, 2.05) is 42.5 Å². The first-order valence-electron chi connectivity index (χ1n) is 12.2. The summed E-state index contributed by atoms with van der Waals surface area (Å²) in [6.45, 7) is 0.482. The second-order valence-electron chi connectivity index (χ2n) is 8.83. The first kappa shape index (κ1) is 29.0. The summed E-state index contributed by atoms with van der Waals surface area (Å²) in [4.78, 5) is 25.6. The van der Waals surface area contributed by atoms with Crippen molar-refractivity contribution < 1.29 is 22.8 Å². The van der Waals surface area contributed by atoms with Crippen molar-refractivity contribution in [3.63, 3.8) is 0 Å². The maximum absolute atomic E-state index is 13.1. The standard InChI is InChI=1S/C30H24Cl2F3N3O2/c31-22-12-9-19(27(32)17-22)15-16-36-28(39)26-8-4-3-7-25(26)24-6-2-1-5-20(24)18-37-29(40)38-23-13-10-21(11-14-23)30(33,34)35/h1-14,17H,15-16,18H2,(H,36,39)(H2,37,38,40). The fraction of sp³-hybridized carbons (Fsp3) is 0.133. The highest BCUT2D eigenvalue weighted by atomic mass is 35.5. The Morgan fingerprint density at radius 1 is 0.750 bits per heavy atom. The maximum atomic E-state index is 13.1. The number of amides is 3. The number of hydrogen-bond donors (Lipinski definition) is 3. The zero-order valence-corrected chi connectivity index (χ0v) is 22.5. The van der Waals surface area contributed by atoms with Crippen LogP contribution in [0.1, 0.15) is 27.0 Å². The molecule has 0 saturated heterocycles. The third-order valence-corrected chi connectivity index (χ3v) is 6.67. The van der Waals surface area contributed by atoms with Gasteiger partial charge in [0.15, 0.2) is 0 Å². The van der Waals surface area contributed by atoms with Crippen LogP contribution in [0.2, 0.25) is 10.0 Å². The van der Waals surface area contributed by atoms with Crippen LogP contribution in [0.25, 0.3) is 11.1 Å². The molecule has 0 saturated carbocycles. The van der Waals surface area contributed by atoms with Crippen LogP contribution in [0.15, 0.2) is 91.0 Å². The maximum Gasteiger partial charge on any atom is 0.416 e.